The van der Waals surface area contributed by atoms with Crippen LogP contribution in [-0.2, 0) is 0 Å². The van der Waals surface area contributed by atoms with Crippen molar-refractivity contribution >= 4 is 40.0 Å². The lowest BCUT2D eigenvalue weighted by atomic mass is 9.93. The van der Waals surface area contributed by atoms with Gasteiger partial charge in [0.1, 0.15) is 0 Å². The van der Waals surface area contributed by atoms with Gasteiger partial charge in [0.05, 0.1) is 16.8 Å². The second kappa shape index (κ2) is 7.50. The van der Waals surface area contributed by atoms with Crippen molar-refractivity contribution in [3.8, 4) is 11.3 Å². The van der Waals surface area contributed by atoms with Gasteiger partial charge in [0.15, 0.2) is 0 Å². The van der Waals surface area contributed by atoms with E-state index in [0.29, 0.717) is 16.6 Å². The lowest BCUT2D eigenvalue weighted by Crippen LogP contribution is -2.29. The van der Waals surface area contributed by atoms with Gasteiger partial charge in [0, 0.05) is 39.2 Å². The molecule has 3 aromatic carbocycles. The predicted molar refractivity (Wildman–Crippen MR) is 123 cm³/mol. The van der Waals surface area contributed by atoms with Crippen molar-refractivity contribution in [3.63, 3.8) is 0 Å². The van der Waals surface area contributed by atoms with Gasteiger partial charge in [0.25, 0.3) is 5.91 Å². The Labute approximate surface area is 185 Å². The smallest absolute Gasteiger partial charge is 0.255 e. The summed E-state index contributed by atoms with van der Waals surface area (Å²) in [4.78, 5) is 18.8. The first-order valence-corrected chi connectivity index (χ1v) is 10.8. The van der Waals surface area contributed by atoms with E-state index >= 15 is 0 Å². The van der Waals surface area contributed by atoms with E-state index in [1.54, 1.807) is 6.07 Å². The summed E-state index contributed by atoms with van der Waals surface area (Å²) in [5.41, 5.74) is 5.69. The number of nitrogens with zero attached hydrogens (tertiary/aromatic N) is 1. The molecule has 1 aliphatic heterocycles. The second-order valence-corrected chi connectivity index (χ2v) is 8.42. The standard InChI is InChI=1S/C25H20Cl2N2O/c1-2-13-29-24(16-7-3-4-8-17(16)25(29)30)22-19-9-5-6-10-21(19)28-23(22)18-12-11-15(26)14-20(18)27/h3-12,14,24,28H,2,13H2,1H3/t24-/m0/s1. The molecule has 1 aromatic heterocycles. The number of carbonyl (C=O) groups is 1. The Morgan fingerprint density at radius 2 is 1.73 bits per heavy atom. The van der Waals surface area contributed by atoms with E-state index in [1.165, 1.54) is 0 Å². The Kier molecular flexibility index (Phi) is 4.80. The van der Waals surface area contributed by atoms with Gasteiger partial charge in [-0.15, -0.1) is 0 Å². The molecule has 2 heterocycles. The second-order valence-electron chi connectivity index (χ2n) is 7.57. The summed E-state index contributed by atoms with van der Waals surface area (Å²) in [7, 11) is 0. The third-order valence-corrected chi connectivity index (χ3v) is 6.29. The first-order valence-electron chi connectivity index (χ1n) is 10.1. The van der Waals surface area contributed by atoms with E-state index in [2.05, 4.69) is 30.1 Å². The van der Waals surface area contributed by atoms with Crippen molar-refractivity contribution < 1.29 is 4.79 Å². The van der Waals surface area contributed by atoms with E-state index in [1.807, 2.05) is 47.4 Å². The number of rotatable bonds is 4. The van der Waals surface area contributed by atoms with E-state index < -0.39 is 0 Å². The fourth-order valence-electron chi connectivity index (χ4n) is 4.51. The molecule has 30 heavy (non-hydrogen) atoms. The van der Waals surface area contributed by atoms with E-state index in [0.717, 1.165) is 45.3 Å². The van der Waals surface area contributed by atoms with Gasteiger partial charge in [-0.2, -0.15) is 0 Å². The van der Waals surface area contributed by atoms with Crippen LogP contribution in [0.4, 0.5) is 0 Å². The third-order valence-electron chi connectivity index (χ3n) is 5.74. The number of benzene rings is 3. The number of aromatic amines is 1. The monoisotopic (exact) mass is 434 g/mol. The molecule has 0 fully saturated rings. The molecule has 1 N–H and O–H groups in total. The maximum absolute atomic E-state index is 13.3. The first-order chi connectivity index (χ1) is 14.6. The van der Waals surface area contributed by atoms with E-state index in [9.17, 15) is 4.79 Å². The van der Waals surface area contributed by atoms with Gasteiger partial charge in [-0.25, -0.2) is 0 Å². The highest BCUT2D eigenvalue weighted by atomic mass is 35.5. The minimum atomic E-state index is -0.174. The van der Waals surface area contributed by atoms with Crippen LogP contribution in [0.2, 0.25) is 10.0 Å². The van der Waals surface area contributed by atoms with Crippen LogP contribution in [0, 0.1) is 0 Å². The molecule has 0 spiro atoms. The maximum atomic E-state index is 13.3. The summed E-state index contributed by atoms with van der Waals surface area (Å²) in [6.45, 7) is 2.78. The van der Waals surface area contributed by atoms with E-state index in [-0.39, 0.29) is 11.9 Å². The average molecular weight is 435 g/mol. The number of halogens is 2. The zero-order valence-electron chi connectivity index (χ0n) is 16.5. The molecule has 0 saturated heterocycles. The van der Waals surface area contributed by atoms with Crippen molar-refractivity contribution in [1.82, 2.24) is 9.88 Å². The van der Waals surface area contributed by atoms with E-state index in [4.69, 9.17) is 23.2 Å². The Hall–Kier alpha value is -2.75. The zero-order chi connectivity index (χ0) is 20.8. The summed E-state index contributed by atoms with van der Waals surface area (Å²) in [5, 5.41) is 2.26. The highest BCUT2D eigenvalue weighted by Crippen LogP contribution is 2.46. The summed E-state index contributed by atoms with van der Waals surface area (Å²) in [5.74, 6) is 0.0795. The van der Waals surface area contributed by atoms with Crippen LogP contribution in [0.15, 0.2) is 66.7 Å². The Morgan fingerprint density at radius 3 is 2.53 bits per heavy atom. The van der Waals surface area contributed by atoms with Gasteiger partial charge in [-0.1, -0.05) is 66.5 Å². The average Bonchev–Trinajstić information content (AvgIpc) is 3.24. The molecule has 4 aromatic rings. The van der Waals surface area contributed by atoms with Crippen molar-refractivity contribution in [2.75, 3.05) is 6.54 Å². The fraction of sp³-hybridized carbons (Fsp3) is 0.160. The Balaban J connectivity index is 1.83. The number of carbonyl (C=O) groups excluding carboxylic acids is 1. The summed E-state index contributed by atoms with van der Waals surface area (Å²) in [6, 6.07) is 21.5. The highest BCUT2D eigenvalue weighted by Gasteiger charge is 2.39. The molecule has 0 unspecified atom stereocenters. The van der Waals surface area contributed by atoms with Crippen LogP contribution >= 0.6 is 23.2 Å². The van der Waals surface area contributed by atoms with Crippen LogP contribution in [0.1, 0.15) is 40.9 Å². The molecular formula is C25H20Cl2N2O. The molecule has 0 bridgehead atoms. The molecule has 150 valence electrons. The fourth-order valence-corrected chi connectivity index (χ4v) is 5.01. The normalized spacial score (nSPS) is 15.8. The van der Waals surface area contributed by atoms with Crippen LogP contribution in [0.25, 0.3) is 22.2 Å². The predicted octanol–water partition coefficient (Wildman–Crippen LogP) is 7.10. The number of fused-ring (bicyclic) bond motifs is 2. The number of hydrogen-bond donors (Lipinski definition) is 1. The van der Waals surface area contributed by atoms with Crippen molar-refractivity contribution in [2.24, 2.45) is 0 Å². The maximum Gasteiger partial charge on any atom is 0.255 e. The molecule has 0 saturated carbocycles. The number of amides is 1. The lowest BCUT2D eigenvalue weighted by molar-refractivity contribution is 0.0751. The SMILES string of the molecule is CCCN1C(=O)c2ccccc2[C@H]1c1c(-c2ccc(Cl)cc2Cl)[nH]c2ccccc12. The van der Waals surface area contributed by atoms with Gasteiger partial charge in [-0.05, 0) is 42.3 Å². The van der Waals surface area contributed by atoms with Gasteiger partial charge >= 0.3 is 0 Å². The molecule has 0 aliphatic carbocycles. The molecule has 1 atom stereocenters. The zero-order valence-corrected chi connectivity index (χ0v) is 18.0. The first kappa shape index (κ1) is 19.2. The molecule has 1 aliphatic rings. The van der Waals surface area contributed by atoms with Gasteiger partial charge in [-0.3, -0.25) is 4.79 Å². The van der Waals surface area contributed by atoms with Crippen LogP contribution < -0.4 is 0 Å². The number of para-hydroxylation sites is 1. The quantitative estimate of drug-likeness (QED) is 0.365. The van der Waals surface area contributed by atoms with Gasteiger partial charge < -0.3 is 9.88 Å². The third kappa shape index (κ3) is 2.92. The minimum Gasteiger partial charge on any atom is -0.354 e. The van der Waals surface area contributed by atoms with Crippen LogP contribution in [0.5, 0.6) is 0 Å². The largest absolute Gasteiger partial charge is 0.354 e. The molecule has 5 heteroatoms. The molecule has 0 radical (unpaired) electrons. The van der Waals surface area contributed by atoms with Crippen molar-refractivity contribution in [2.45, 2.75) is 19.4 Å². The van der Waals surface area contributed by atoms with Crippen molar-refractivity contribution in [1.29, 1.82) is 0 Å². The number of hydrogen-bond acceptors (Lipinski definition) is 1. The Bertz CT molecular complexity index is 1280. The van der Waals surface area contributed by atoms with Gasteiger partial charge in [0.2, 0.25) is 0 Å². The van der Waals surface area contributed by atoms with Crippen LogP contribution in [0.3, 0.4) is 0 Å². The van der Waals surface area contributed by atoms with Crippen molar-refractivity contribution in [3.05, 3.63) is 93.5 Å². The molecular weight excluding hydrogens is 415 g/mol. The molecule has 3 nitrogen and oxygen atoms in total. The lowest BCUT2D eigenvalue weighted by Gasteiger charge is -2.26. The molecule has 1 amide bonds. The highest BCUT2D eigenvalue weighted by molar-refractivity contribution is 6.36. The number of H-pyrrole nitrogens is 1. The summed E-state index contributed by atoms with van der Waals surface area (Å²) in [6.07, 6.45) is 0.885. The summed E-state index contributed by atoms with van der Waals surface area (Å²) < 4.78 is 0. The Morgan fingerprint density at radius 1 is 0.967 bits per heavy atom. The topological polar surface area (TPSA) is 36.1 Å². The summed E-state index contributed by atoms with van der Waals surface area (Å²) >= 11 is 12.8. The van der Waals surface area contributed by atoms with Crippen LogP contribution in [-0.4, -0.2) is 22.3 Å². The molecule has 5 rings (SSSR count). The number of nitrogens with one attached hydrogen (secondary N) is 1. The minimum absolute atomic E-state index is 0.0795. The number of aromatic nitrogens is 1.